The van der Waals surface area contributed by atoms with Gasteiger partial charge in [-0.1, -0.05) is 0 Å². The van der Waals surface area contributed by atoms with Gasteiger partial charge in [0, 0.05) is 31.6 Å². The maximum Gasteiger partial charge on any atom is 0.267 e. The molecule has 2 aromatic rings. The van der Waals surface area contributed by atoms with Crippen LogP contribution in [0.4, 0.5) is 5.69 Å². The summed E-state index contributed by atoms with van der Waals surface area (Å²) in [4.78, 5) is 21.0. The summed E-state index contributed by atoms with van der Waals surface area (Å²) in [5.41, 5.74) is 0.172. The van der Waals surface area contributed by atoms with E-state index < -0.39 is 9.84 Å². The van der Waals surface area contributed by atoms with Gasteiger partial charge in [-0.2, -0.15) is 0 Å². The van der Waals surface area contributed by atoms with E-state index in [0.29, 0.717) is 24.0 Å². The van der Waals surface area contributed by atoms with Crippen LogP contribution in [-0.4, -0.2) is 43.8 Å². The molecule has 0 atom stereocenters. The number of rotatable bonds is 4. The van der Waals surface area contributed by atoms with Crippen molar-refractivity contribution in [3.05, 3.63) is 34.4 Å². The summed E-state index contributed by atoms with van der Waals surface area (Å²) in [5, 5.41) is 3.38. The SMILES string of the molecule is CS(=O)(=O)c1ncccc1NC(=O)c1cnc(C2CCOCC2)s1. The fourth-order valence-electron chi connectivity index (χ4n) is 2.49. The Morgan fingerprint density at radius 3 is 2.79 bits per heavy atom. The molecule has 0 bridgehead atoms. The first-order valence-electron chi connectivity index (χ1n) is 7.45. The van der Waals surface area contributed by atoms with Crippen LogP contribution in [0.2, 0.25) is 0 Å². The molecule has 0 spiro atoms. The predicted octanol–water partition coefficient (Wildman–Crippen LogP) is 2.09. The molecule has 0 aliphatic carbocycles. The van der Waals surface area contributed by atoms with Crippen molar-refractivity contribution >= 4 is 32.8 Å². The molecule has 1 N–H and O–H groups in total. The van der Waals surface area contributed by atoms with E-state index in [1.54, 1.807) is 6.07 Å². The number of carbonyl (C=O) groups is 1. The second kappa shape index (κ2) is 6.96. The van der Waals surface area contributed by atoms with Crippen molar-refractivity contribution in [1.82, 2.24) is 9.97 Å². The van der Waals surface area contributed by atoms with Gasteiger partial charge < -0.3 is 10.1 Å². The molecule has 9 heteroatoms. The molecule has 24 heavy (non-hydrogen) atoms. The van der Waals surface area contributed by atoms with Crippen LogP contribution in [-0.2, 0) is 14.6 Å². The van der Waals surface area contributed by atoms with E-state index in [1.807, 2.05) is 0 Å². The maximum absolute atomic E-state index is 12.4. The Bertz CT molecular complexity index is 842. The summed E-state index contributed by atoms with van der Waals surface area (Å²) in [7, 11) is -3.53. The maximum atomic E-state index is 12.4. The first-order valence-corrected chi connectivity index (χ1v) is 10.2. The largest absolute Gasteiger partial charge is 0.381 e. The molecule has 1 aliphatic rings. The number of ether oxygens (including phenoxy) is 1. The summed E-state index contributed by atoms with van der Waals surface area (Å²) in [6.07, 6.45) is 5.76. The zero-order valence-corrected chi connectivity index (χ0v) is 14.7. The van der Waals surface area contributed by atoms with Gasteiger partial charge >= 0.3 is 0 Å². The number of carbonyl (C=O) groups excluding carboxylic acids is 1. The molecule has 0 aromatic carbocycles. The molecule has 3 rings (SSSR count). The highest BCUT2D eigenvalue weighted by molar-refractivity contribution is 7.90. The lowest BCUT2D eigenvalue weighted by atomic mass is 10.0. The molecule has 7 nitrogen and oxygen atoms in total. The fourth-order valence-corrected chi connectivity index (χ4v) is 4.24. The van der Waals surface area contributed by atoms with Crippen molar-refractivity contribution in [2.45, 2.75) is 23.8 Å². The van der Waals surface area contributed by atoms with E-state index in [1.165, 1.54) is 29.8 Å². The van der Waals surface area contributed by atoms with Gasteiger partial charge in [-0.15, -0.1) is 11.3 Å². The lowest BCUT2D eigenvalue weighted by molar-refractivity contribution is 0.0853. The van der Waals surface area contributed by atoms with Crippen molar-refractivity contribution in [2.24, 2.45) is 0 Å². The van der Waals surface area contributed by atoms with Crippen LogP contribution < -0.4 is 5.32 Å². The molecule has 1 aliphatic heterocycles. The summed E-state index contributed by atoms with van der Waals surface area (Å²) in [6, 6.07) is 3.09. The predicted molar refractivity (Wildman–Crippen MR) is 90.2 cm³/mol. The zero-order valence-electron chi connectivity index (χ0n) is 13.1. The van der Waals surface area contributed by atoms with Gasteiger partial charge in [0.2, 0.25) is 0 Å². The van der Waals surface area contributed by atoms with Gasteiger partial charge in [-0.3, -0.25) is 4.79 Å². The van der Waals surface area contributed by atoms with Crippen LogP contribution in [0.1, 0.15) is 33.4 Å². The number of aromatic nitrogens is 2. The molecular formula is C15H17N3O4S2. The second-order valence-corrected chi connectivity index (χ2v) is 8.53. The first-order chi connectivity index (χ1) is 11.4. The van der Waals surface area contributed by atoms with E-state index in [2.05, 4.69) is 15.3 Å². The topological polar surface area (TPSA) is 98.2 Å². The average molecular weight is 367 g/mol. The van der Waals surface area contributed by atoms with Crippen LogP contribution in [0, 0.1) is 0 Å². The normalized spacial score (nSPS) is 16.0. The highest BCUT2D eigenvalue weighted by Gasteiger charge is 2.22. The van der Waals surface area contributed by atoms with E-state index in [4.69, 9.17) is 4.74 Å². The summed E-state index contributed by atoms with van der Waals surface area (Å²) in [5.74, 6) is -0.0704. The Kier molecular flexibility index (Phi) is 4.93. The number of hydrogen-bond acceptors (Lipinski definition) is 7. The number of nitrogens with one attached hydrogen (secondary N) is 1. The fraction of sp³-hybridized carbons (Fsp3) is 0.400. The highest BCUT2D eigenvalue weighted by Crippen LogP contribution is 2.30. The number of sulfone groups is 1. The lowest BCUT2D eigenvalue weighted by Gasteiger charge is -2.19. The smallest absolute Gasteiger partial charge is 0.267 e. The number of nitrogens with zero attached hydrogens (tertiary/aromatic N) is 2. The molecule has 2 aromatic heterocycles. The monoisotopic (exact) mass is 367 g/mol. The molecule has 1 amide bonds. The Morgan fingerprint density at radius 1 is 1.33 bits per heavy atom. The number of hydrogen-bond donors (Lipinski definition) is 1. The van der Waals surface area contributed by atoms with Crippen LogP contribution in [0.25, 0.3) is 0 Å². The van der Waals surface area contributed by atoms with Crippen molar-refractivity contribution in [1.29, 1.82) is 0 Å². The third-order valence-corrected chi connectivity index (χ3v) is 5.87. The average Bonchev–Trinajstić information content (AvgIpc) is 3.05. The molecule has 128 valence electrons. The van der Waals surface area contributed by atoms with E-state index in [-0.39, 0.29) is 16.6 Å². The van der Waals surface area contributed by atoms with Crippen LogP contribution >= 0.6 is 11.3 Å². The van der Waals surface area contributed by atoms with Gasteiger partial charge in [0.1, 0.15) is 4.88 Å². The minimum Gasteiger partial charge on any atom is -0.381 e. The summed E-state index contributed by atoms with van der Waals surface area (Å²) in [6.45, 7) is 1.42. The lowest BCUT2D eigenvalue weighted by Crippen LogP contribution is -2.14. The summed E-state index contributed by atoms with van der Waals surface area (Å²) >= 11 is 1.33. The Morgan fingerprint density at radius 2 is 2.08 bits per heavy atom. The minimum absolute atomic E-state index is 0.146. The van der Waals surface area contributed by atoms with Crippen LogP contribution in [0.15, 0.2) is 29.6 Å². The van der Waals surface area contributed by atoms with Crippen molar-refractivity contribution in [2.75, 3.05) is 24.8 Å². The number of anilines is 1. The van der Waals surface area contributed by atoms with Gasteiger partial charge in [0.25, 0.3) is 5.91 Å². The molecule has 1 fully saturated rings. The molecule has 1 saturated heterocycles. The van der Waals surface area contributed by atoms with Crippen molar-refractivity contribution in [3.63, 3.8) is 0 Å². The third kappa shape index (κ3) is 3.80. The molecular weight excluding hydrogens is 350 g/mol. The van der Waals surface area contributed by atoms with E-state index in [0.717, 1.165) is 24.1 Å². The van der Waals surface area contributed by atoms with Gasteiger partial charge in [0.15, 0.2) is 14.9 Å². The van der Waals surface area contributed by atoms with Crippen LogP contribution in [0.5, 0.6) is 0 Å². The van der Waals surface area contributed by atoms with Gasteiger partial charge in [-0.25, -0.2) is 18.4 Å². The molecule has 0 radical (unpaired) electrons. The highest BCUT2D eigenvalue weighted by atomic mass is 32.2. The Balaban J connectivity index is 1.78. The van der Waals surface area contributed by atoms with Crippen molar-refractivity contribution < 1.29 is 17.9 Å². The van der Waals surface area contributed by atoms with Crippen molar-refractivity contribution in [3.8, 4) is 0 Å². The van der Waals surface area contributed by atoms with Gasteiger partial charge in [0.05, 0.1) is 16.9 Å². The number of amides is 1. The minimum atomic E-state index is -3.53. The zero-order chi connectivity index (χ0) is 17.2. The van der Waals surface area contributed by atoms with E-state index >= 15 is 0 Å². The van der Waals surface area contributed by atoms with Crippen LogP contribution in [0.3, 0.4) is 0 Å². The second-order valence-electron chi connectivity index (χ2n) is 5.53. The molecule has 3 heterocycles. The van der Waals surface area contributed by atoms with Gasteiger partial charge in [-0.05, 0) is 25.0 Å². The number of thiazole rings is 1. The standard InChI is InChI=1S/C15H17N3O4S2/c1-24(20,21)15-11(3-2-6-16-15)18-13(19)12-9-17-14(23-12)10-4-7-22-8-5-10/h2-3,6,9-10H,4-5,7-8H2,1H3,(H,18,19). The Hall–Kier alpha value is -1.84. The third-order valence-electron chi connectivity index (χ3n) is 3.69. The Labute approximate surface area is 144 Å². The van der Waals surface area contributed by atoms with E-state index in [9.17, 15) is 13.2 Å². The first kappa shape index (κ1) is 17.0. The number of pyridine rings is 1. The molecule has 0 saturated carbocycles. The molecule has 0 unspecified atom stereocenters. The summed E-state index contributed by atoms with van der Waals surface area (Å²) < 4.78 is 28.8. The quantitative estimate of drug-likeness (QED) is 0.888.